The lowest BCUT2D eigenvalue weighted by Crippen LogP contribution is -2.37. The molecule has 2 rings (SSSR count). The number of hydrogen-bond donors (Lipinski definition) is 7. The Balaban J connectivity index is 0.00000420. The zero-order valence-corrected chi connectivity index (χ0v) is 17.1. The Morgan fingerprint density at radius 1 is 0.833 bits per heavy atom. The summed E-state index contributed by atoms with van der Waals surface area (Å²) >= 11 is 0. The molecule has 0 heterocycles. The molecule has 0 saturated carbocycles. The largest absolute Gasteiger partial charge is 0.447 e. The minimum atomic E-state index is -0.878. The molecule has 0 aliphatic heterocycles. The van der Waals surface area contributed by atoms with Crippen molar-refractivity contribution in [2.45, 2.75) is 0 Å². The zero-order valence-electron chi connectivity index (χ0n) is 15.5. The third kappa shape index (κ3) is 7.81. The van der Waals surface area contributed by atoms with E-state index in [1.807, 2.05) is 5.32 Å². The van der Waals surface area contributed by atoms with E-state index < -0.39 is 23.9 Å². The van der Waals surface area contributed by atoms with Crippen molar-refractivity contribution in [1.82, 2.24) is 16.0 Å². The van der Waals surface area contributed by atoms with Gasteiger partial charge in [0.05, 0.1) is 6.54 Å². The lowest BCUT2D eigenvalue weighted by atomic mass is 10.0. The van der Waals surface area contributed by atoms with Crippen molar-refractivity contribution in [3.05, 3.63) is 47.5 Å². The van der Waals surface area contributed by atoms with Crippen LogP contribution in [0, 0.1) is 10.8 Å². The maximum atomic E-state index is 12.2. The van der Waals surface area contributed by atoms with E-state index in [0.29, 0.717) is 11.1 Å². The van der Waals surface area contributed by atoms with Crippen LogP contribution in [0.5, 0.6) is 0 Å². The van der Waals surface area contributed by atoms with E-state index in [2.05, 4.69) is 10.6 Å². The number of rotatable bonds is 5. The second kappa shape index (κ2) is 12.1. The van der Waals surface area contributed by atoms with Gasteiger partial charge in [0.2, 0.25) is 0 Å². The normalized spacial score (nSPS) is 9.33. The second-order valence-electron chi connectivity index (χ2n) is 5.58. The number of amides is 3. The number of fused-ring (bicyclic) bond motifs is 1. The van der Waals surface area contributed by atoms with Crippen LogP contribution in [0.3, 0.4) is 0 Å². The van der Waals surface area contributed by atoms with Gasteiger partial charge in [0.25, 0.3) is 11.8 Å². The Kier molecular flexibility index (Phi) is 10.7. The van der Waals surface area contributed by atoms with Crippen LogP contribution in [-0.4, -0.2) is 43.0 Å². The molecular formula is C17H21Cl2N7O4. The number of hydrogen-bond acceptors (Lipinski definition) is 6. The van der Waals surface area contributed by atoms with Crippen LogP contribution in [0.4, 0.5) is 4.79 Å². The quantitative estimate of drug-likeness (QED) is 0.195. The molecule has 0 bridgehead atoms. The van der Waals surface area contributed by atoms with Gasteiger partial charge < -0.3 is 21.5 Å². The molecule has 30 heavy (non-hydrogen) atoms. The fourth-order valence-corrected chi connectivity index (χ4v) is 2.28. The SMILES string of the molecule is Cl.Cl.N=C(N)NC(=O)OCCNC(=O)c1ccc2cc(C(=O)NC(=N)N)ccc2c1. The van der Waals surface area contributed by atoms with Crippen molar-refractivity contribution in [1.29, 1.82) is 10.8 Å². The van der Waals surface area contributed by atoms with E-state index in [1.165, 1.54) is 0 Å². The Morgan fingerprint density at radius 3 is 1.83 bits per heavy atom. The summed E-state index contributed by atoms with van der Waals surface area (Å²) in [5, 5.41) is 22.2. The van der Waals surface area contributed by atoms with Crippen LogP contribution in [0.1, 0.15) is 20.7 Å². The molecule has 0 aliphatic carbocycles. The molecule has 0 aliphatic rings. The van der Waals surface area contributed by atoms with Gasteiger partial charge in [0.1, 0.15) is 6.61 Å². The lowest BCUT2D eigenvalue weighted by Gasteiger charge is -2.08. The first-order valence-electron chi connectivity index (χ1n) is 8.01. The molecule has 0 aromatic heterocycles. The molecule has 2 aromatic rings. The summed E-state index contributed by atoms with van der Waals surface area (Å²) in [5.41, 5.74) is 10.8. The molecule has 3 amide bonds. The van der Waals surface area contributed by atoms with Crippen LogP contribution in [0.15, 0.2) is 36.4 Å². The summed E-state index contributed by atoms with van der Waals surface area (Å²) in [7, 11) is 0. The number of benzene rings is 2. The van der Waals surface area contributed by atoms with Gasteiger partial charge in [-0.2, -0.15) is 0 Å². The van der Waals surface area contributed by atoms with Crippen LogP contribution in [0.25, 0.3) is 10.8 Å². The van der Waals surface area contributed by atoms with Gasteiger partial charge >= 0.3 is 6.09 Å². The summed E-state index contributed by atoms with van der Waals surface area (Å²) in [6.07, 6.45) is -0.878. The smallest absolute Gasteiger partial charge is 0.414 e. The van der Waals surface area contributed by atoms with E-state index in [9.17, 15) is 14.4 Å². The molecule has 0 radical (unpaired) electrons. The first-order valence-corrected chi connectivity index (χ1v) is 8.01. The highest BCUT2D eigenvalue weighted by molar-refractivity contribution is 6.07. The molecule has 11 nitrogen and oxygen atoms in total. The molecular weight excluding hydrogens is 437 g/mol. The van der Waals surface area contributed by atoms with Crippen molar-refractivity contribution < 1.29 is 19.1 Å². The van der Waals surface area contributed by atoms with Crippen molar-refractivity contribution in [3.8, 4) is 0 Å². The van der Waals surface area contributed by atoms with Gasteiger partial charge in [0.15, 0.2) is 11.9 Å². The fraction of sp³-hybridized carbons (Fsp3) is 0.118. The third-order valence-corrected chi connectivity index (χ3v) is 3.47. The molecule has 0 unspecified atom stereocenters. The summed E-state index contributed by atoms with van der Waals surface area (Å²) in [6.45, 7) is -0.0145. The molecule has 13 heteroatoms. The summed E-state index contributed by atoms with van der Waals surface area (Å²) in [6, 6.07) is 9.79. The van der Waals surface area contributed by atoms with E-state index in [4.69, 9.17) is 27.0 Å². The molecule has 0 spiro atoms. The second-order valence-corrected chi connectivity index (χ2v) is 5.58. The number of carbonyl (C=O) groups is 3. The Morgan fingerprint density at radius 2 is 1.33 bits per heavy atom. The minimum absolute atomic E-state index is 0. The molecule has 162 valence electrons. The average Bonchev–Trinajstić information content (AvgIpc) is 2.63. The maximum absolute atomic E-state index is 12.2. The summed E-state index contributed by atoms with van der Waals surface area (Å²) in [4.78, 5) is 35.2. The van der Waals surface area contributed by atoms with Crippen molar-refractivity contribution in [2.24, 2.45) is 11.5 Å². The number of ether oxygens (including phenoxy) is 1. The topological polar surface area (TPSA) is 196 Å². The molecule has 9 N–H and O–H groups in total. The highest BCUT2D eigenvalue weighted by Crippen LogP contribution is 2.18. The maximum Gasteiger partial charge on any atom is 0.414 e. The fourth-order valence-electron chi connectivity index (χ4n) is 2.28. The first kappa shape index (κ1) is 26.4. The van der Waals surface area contributed by atoms with Crippen LogP contribution >= 0.6 is 24.8 Å². The zero-order chi connectivity index (χ0) is 20.7. The highest BCUT2D eigenvalue weighted by Gasteiger charge is 2.10. The molecule has 0 atom stereocenters. The number of nitrogens with two attached hydrogens (primary N) is 2. The van der Waals surface area contributed by atoms with Crippen LogP contribution in [0.2, 0.25) is 0 Å². The Labute approximate surface area is 183 Å². The molecule has 2 aromatic carbocycles. The van der Waals surface area contributed by atoms with Gasteiger partial charge in [-0.3, -0.25) is 31.0 Å². The van der Waals surface area contributed by atoms with Gasteiger partial charge in [-0.25, -0.2) is 4.79 Å². The number of alkyl carbamates (subject to hydrolysis) is 1. The van der Waals surface area contributed by atoms with E-state index in [1.54, 1.807) is 36.4 Å². The van der Waals surface area contributed by atoms with Crippen LogP contribution < -0.4 is 27.4 Å². The first-order chi connectivity index (χ1) is 13.3. The van der Waals surface area contributed by atoms with Crippen molar-refractivity contribution >= 4 is 65.4 Å². The monoisotopic (exact) mass is 457 g/mol. The van der Waals surface area contributed by atoms with Crippen LogP contribution in [-0.2, 0) is 4.74 Å². The van der Waals surface area contributed by atoms with E-state index >= 15 is 0 Å². The summed E-state index contributed by atoms with van der Waals surface area (Å²) < 4.78 is 4.72. The van der Waals surface area contributed by atoms with E-state index in [-0.39, 0.29) is 43.9 Å². The number of carbonyl (C=O) groups excluding carboxylic acids is 3. The van der Waals surface area contributed by atoms with Gasteiger partial charge in [-0.05, 0) is 35.0 Å². The van der Waals surface area contributed by atoms with E-state index in [0.717, 1.165) is 10.8 Å². The molecule has 0 saturated heterocycles. The standard InChI is InChI=1S/C17H19N7O4.2ClH/c18-15(19)23-14(26)12-4-2-9-7-11(3-1-10(9)8-12)13(25)22-5-6-28-17(27)24-16(20)21;;/h1-4,7-8H,5-6H2,(H,22,25)(H4,18,19,23,26)(H4,20,21,24,27);2*1H. The minimum Gasteiger partial charge on any atom is -0.447 e. The Bertz CT molecular complexity index is 968. The van der Waals surface area contributed by atoms with Crippen molar-refractivity contribution in [2.75, 3.05) is 13.2 Å². The van der Waals surface area contributed by atoms with Gasteiger partial charge in [0, 0.05) is 11.1 Å². The van der Waals surface area contributed by atoms with Crippen molar-refractivity contribution in [3.63, 3.8) is 0 Å². The third-order valence-electron chi connectivity index (χ3n) is 3.47. The highest BCUT2D eigenvalue weighted by atomic mass is 35.5. The predicted octanol–water partition coefficient (Wildman–Crippen LogP) is 0.656. The lowest BCUT2D eigenvalue weighted by molar-refractivity contribution is 0.0934. The predicted molar refractivity (Wildman–Crippen MR) is 117 cm³/mol. The molecule has 0 fully saturated rings. The number of halogens is 2. The summed E-state index contributed by atoms with van der Waals surface area (Å²) in [5.74, 6) is -1.84. The number of guanidine groups is 2. The number of nitrogens with one attached hydrogen (secondary N) is 5. The Hall–Kier alpha value is -3.57. The van der Waals surface area contributed by atoms with Gasteiger partial charge in [-0.1, -0.05) is 12.1 Å². The average molecular weight is 458 g/mol. The van der Waals surface area contributed by atoms with Gasteiger partial charge in [-0.15, -0.1) is 24.8 Å².